The summed E-state index contributed by atoms with van der Waals surface area (Å²) in [6, 6.07) is 11.9. The topological polar surface area (TPSA) is 113 Å². The number of thioether (sulfide) groups is 1. The Morgan fingerprint density at radius 3 is 2.32 bits per heavy atom. The van der Waals surface area contributed by atoms with Crippen LogP contribution < -0.4 is 0 Å². The van der Waals surface area contributed by atoms with Crippen molar-refractivity contribution in [3.63, 3.8) is 0 Å². The molecule has 0 bridgehead atoms. The van der Waals surface area contributed by atoms with E-state index in [4.69, 9.17) is 4.74 Å². The van der Waals surface area contributed by atoms with Gasteiger partial charge in [0, 0.05) is 23.1 Å². The molecule has 9 heteroatoms. The summed E-state index contributed by atoms with van der Waals surface area (Å²) in [4.78, 5) is 33.3. The average Bonchev–Trinajstić information content (AvgIpc) is 2.60. The zero-order valence-corrected chi connectivity index (χ0v) is 14.0. The molecule has 0 aliphatic rings. The highest BCUT2D eigenvalue weighted by atomic mass is 32.2. The third-order valence-electron chi connectivity index (χ3n) is 3.25. The molecule has 1 unspecified atom stereocenters. The van der Waals surface area contributed by atoms with Crippen molar-refractivity contribution in [2.45, 2.75) is 23.7 Å². The maximum atomic E-state index is 12.1. The summed E-state index contributed by atoms with van der Waals surface area (Å²) < 4.78 is 5.14. The highest BCUT2D eigenvalue weighted by Gasteiger charge is 2.19. The molecule has 0 saturated carbocycles. The largest absolute Gasteiger partial charge is 0.460 e. The van der Waals surface area contributed by atoms with Gasteiger partial charge in [-0.05, 0) is 25.1 Å². The van der Waals surface area contributed by atoms with Gasteiger partial charge in [0.15, 0.2) is 0 Å². The molecule has 0 N–H and O–H groups in total. The van der Waals surface area contributed by atoms with Crippen molar-refractivity contribution < 1.29 is 19.4 Å². The molecule has 1 atom stereocenters. The van der Waals surface area contributed by atoms with Crippen LogP contribution in [0.25, 0.3) is 0 Å². The third kappa shape index (κ3) is 5.01. The number of carbonyl (C=O) groups excluding carboxylic acids is 1. The normalized spacial score (nSPS) is 11.6. The number of para-hydroxylation sites is 1. The first-order valence-corrected chi connectivity index (χ1v) is 8.06. The van der Waals surface area contributed by atoms with Gasteiger partial charge in [-0.25, -0.2) is 0 Å². The average molecular weight is 362 g/mol. The molecule has 2 aromatic carbocycles. The van der Waals surface area contributed by atoms with Crippen LogP contribution in [0.3, 0.4) is 0 Å². The number of rotatable bonds is 7. The van der Waals surface area contributed by atoms with Crippen molar-refractivity contribution >= 4 is 29.1 Å². The summed E-state index contributed by atoms with van der Waals surface area (Å²) in [6.45, 7) is 1.44. The Bertz CT molecular complexity index is 793. The summed E-state index contributed by atoms with van der Waals surface area (Å²) in [6.07, 6.45) is 0. The van der Waals surface area contributed by atoms with Gasteiger partial charge in [0.25, 0.3) is 11.4 Å². The number of hydrogen-bond acceptors (Lipinski definition) is 7. The maximum absolute atomic E-state index is 12.1. The number of esters is 1. The summed E-state index contributed by atoms with van der Waals surface area (Å²) in [5, 5.41) is 21.0. The van der Waals surface area contributed by atoms with Crippen molar-refractivity contribution in [3.8, 4) is 0 Å². The molecule has 0 heterocycles. The second-order valence-electron chi connectivity index (χ2n) is 5.00. The Morgan fingerprint density at radius 2 is 1.72 bits per heavy atom. The highest BCUT2D eigenvalue weighted by Crippen LogP contribution is 2.26. The minimum Gasteiger partial charge on any atom is -0.460 e. The van der Waals surface area contributed by atoms with Crippen molar-refractivity contribution in [1.29, 1.82) is 0 Å². The number of nitrogens with zero attached hydrogens (tertiary/aromatic N) is 2. The van der Waals surface area contributed by atoms with E-state index in [1.807, 2.05) is 0 Å². The van der Waals surface area contributed by atoms with Gasteiger partial charge in [-0.2, -0.15) is 0 Å². The van der Waals surface area contributed by atoms with E-state index in [0.717, 1.165) is 0 Å². The predicted molar refractivity (Wildman–Crippen MR) is 91.3 cm³/mol. The van der Waals surface area contributed by atoms with Gasteiger partial charge in [0.2, 0.25) is 0 Å². The minimum atomic E-state index is -0.566. The third-order valence-corrected chi connectivity index (χ3v) is 4.34. The zero-order valence-electron chi connectivity index (χ0n) is 13.2. The molecule has 0 aromatic heterocycles. The molecular formula is C16H14N2O6S. The lowest BCUT2D eigenvalue weighted by Gasteiger charge is -2.11. The Balaban J connectivity index is 1.94. The van der Waals surface area contributed by atoms with Crippen LogP contribution in [-0.2, 0) is 16.1 Å². The summed E-state index contributed by atoms with van der Waals surface area (Å²) >= 11 is 1.19. The van der Waals surface area contributed by atoms with Crippen LogP contribution in [-0.4, -0.2) is 21.1 Å². The summed E-state index contributed by atoms with van der Waals surface area (Å²) in [5.41, 5.74) is 0.176. The van der Waals surface area contributed by atoms with E-state index < -0.39 is 21.1 Å². The monoisotopic (exact) mass is 362 g/mol. The van der Waals surface area contributed by atoms with E-state index in [1.165, 1.54) is 42.1 Å². The fourth-order valence-corrected chi connectivity index (χ4v) is 2.84. The van der Waals surface area contributed by atoms with E-state index in [2.05, 4.69) is 0 Å². The Hall–Kier alpha value is -2.94. The number of nitro groups is 2. The standard InChI is InChI=1S/C16H14N2O6S/c1-11(25-14-8-6-13(7-9-14)17(20)21)16(19)24-10-12-4-2-3-5-15(12)18(22)23/h2-9,11H,10H2,1H3. The van der Waals surface area contributed by atoms with Crippen LogP contribution in [0.1, 0.15) is 12.5 Å². The second-order valence-corrected chi connectivity index (χ2v) is 6.42. The lowest BCUT2D eigenvalue weighted by atomic mass is 10.2. The summed E-state index contributed by atoms with van der Waals surface area (Å²) in [5.74, 6) is -0.526. The number of benzene rings is 2. The number of non-ortho nitro benzene ring substituents is 1. The SMILES string of the molecule is CC(Sc1ccc([N+](=O)[O-])cc1)C(=O)OCc1ccccc1[N+](=O)[O-]. The molecule has 0 saturated heterocycles. The molecule has 8 nitrogen and oxygen atoms in total. The van der Waals surface area contributed by atoms with Gasteiger partial charge in [-0.1, -0.05) is 12.1 Å². The van der Waals surface area contributed by atoms with E-state index >= 15 is 0 Å². The first-order chi connectivity index (χ1) is 11.9. The van der Waals surface area contributed by atoms with Crippen LogP contribution in [0, 0.1) is 20.2 Å². The van der Waals surface area contributed by atoms with Crippen molar-refractivity contribution in [2.75, 3.05) is 0 Å². The van der Waals surface area contributed by atoms with Crippen molar-refractivity contribution in [1.82, 2.24) is 0 Å². The molecule has 130 valence electrons. The predicted octanol–water partition coefficient (Wildman–Crippen LogP) is 3.73. The molecule has 25 heavy (non-hydrogen) atoms. The quantitative estimate of drug-likeness (QED) is 0.319. The van der Waals surface area contributed by atoms with Crippen LogP contribution >= 0.6 is 11.8 Å². The zero-order chi connectivity index (χ0) is 18.4. The van der Waals surface area contributed by atoms with Crippen LogP contribution in [0.15, 0.2) is 53.4 Å². The van der Waals surface area contributed by atoms with Gasteiger partial charge in [-0.3, -0.25) is 25.0 Å². The van der Waals surface area contributed by atoms with E-state index in [0.29, 0.717) is 10.5 Å². The molecule has 2 rings (SSSR count). The van der Waals surface area contributed by atoms with Gasteiger partial charge < -0.3 is 4.74 Å². The number of nitro benzene ring substituents is 2. The molecule has 0 amide bonds. The van der Waals surface area contributed by atoms with Crippen LogP contribution in [0.5, 0.6) is 0 Å². The van der Waals surface area contributed by atoms with E-state index in [1.54, 1.807) is 25.1 Å². The lowest BCUT2D eigenvalue weighted by Crippen LogP contribution is -2.17. The molecule has 2 aromatic rings. The highest BCUT2D eigenvalue weighted by molar-refractivity contribution is 8.00. The van der Waals surface area contributed by atoms with Gasteiger partial charge >= 0.3 is 5.97 Å². The smallest absolute Gasteiger partial charge is 0.319 e. The van der Waals surface area contributed by atoms with Crippen LogP contribution in [0.2, 0.25) is 0 Å². The maximum Gasteiger partial charge on any atom is 0.319 e. The first-order valence-electron chi connectivity index (χ1n) is 7.18. The van der Waals surface area contributed by atoms with Crippen molar-refractivity contribution in [3.05, 3.63) is 74.3 Å². The number of carbonyl (C=O) groups is 1. The molecule has 0 fully saturated rings. The Kier molecular flexibility index (Phi) is 6.07. The van der Waals surface area contributed by atoms with Gasteiger partial charge in [0.05, 0.1) is 15.4 Å². The molecule has 0 aliphatic carbocycles. The minimum absolute atomic E-state index is 0.0315. The Morgan fingerprint density at radius 1 is 1.08 bits per heavy atom. The molecular weight excluding hydrogens is 348 g/mol. The second kappa shape index (κ2) is 8.25. The lowest BCUT2D eigenvalue weighted by molar-refractivity contribution is -0.385. The molecule has 0 aliphatic heterocycles. The van der Waals surface area contributed by atoms with E-state index in [-0.39, 0.29) is 18.0 Å². The number of ether oxygens (including phenoxy) is 1. The van der Waals surface area contributed by atoms with E-state index in [9.17, 15) is 25.0 Å². The van der Waals surface area contributed by atoms with Gasteiger partial charge in [-0.15, -0.1) is 11.8 Å². The first kappa shape index (κ1) is 18.4. The fraction of sp³-hybridized carbons (Fsp3) is 0.188. The summed E-state index contributed by atoms with van der Waals surface area (Å²) in [7, 11) is 0. The molecule has 0 spiro atoms. The van der Waals surface area contributed by atoms with Gasteiger partial charge in [0.1, 0.15) is 11.9 Å². The Labute approximate surface area is 147 Å². The number of hydrogen-bond donors (Lipinski definition) is 0. The van der Waals surface area contributed by atoms with Crippen LogP contribution in [0.4, 0.5) is 11.4 Å². The fourth-order valence-electron chi connectivity index (χ4n) is 1.98. The van der Waals surface area contributed by atoms with Crippen molar-refractivity contribution in [2.24, 2.45) is 0 Å². The molecule has 0 radical (unpaired) electrons.